The molecule has 0 amide bonds. The van der Waals surface area contributed by atoms with E-state index in [4.69, 9.17) is 4.74 Å². The molecule has 20 heavy (non-hydrogen) atoms. The maximum Gasteiger partial charge on any atom is 0.123 e. The van der Waals surface area contributed by atoms with E-state index in [0.717, 1.165) is 48.1 Å². The minimum atomic E-state index is -0.175. The molecular formula is C15H18N2O2S. The number of hydrogen-bond donors (Lipinski definition) is 1. The van der Waals surface area contributed by atoms with Gasteiger partial charge in [0, 0.05) is 30.6 Å². The van der Waals surface area contributed by atoms with Gasteiger partial charge in [0.2, 0.25) is 0 Å². The second-order valence-corrected chi connectivity index (χ2v) is 5.91. The second-order valence-electron chi connectivity index (χ2n) is 5.05. The first-order valence-electron chi connectivity index (χ1n) is 6.74. The normalized spacial score (nSPS) is 19.4. The lowest BCUT2D eigenvalue weighted by Gasteiger charge is -2.12. The highest BCUT2D eigenvalue weighted by molar-refractivity contribution is 7.13. The zero-order valence-corrected chi connectivity index (χ0v) is 12.3. The van der Waals surface area contributed by atoms with Crippen LogP contribution in [-0.2, 0) is 6.54 Å². The van der Waals surface area contributed by atoms with Gasteiger partial charge in [-0.3, -0.25) is 4.90 Å². The summed E-state index contributed by atoms with van der Waals surface area (Å²) < 4.78 is 5.24. The molecule has 0 spiro atoms. The van der Waals surface area contributed by atoms with Crippen LogP contribution in [0.4, 0.5) is 0 Å². The van der Waals surface area contributed by atoms with Gasteiger partial charge in [0.25, 0.3) is 0 Å². The zero-order valence-electron chi connectivity index (χ0n) is 11.5. The van der Waals surface area contributed by atoms with Gasteiger partial charge in [-0.25, -0.2) is 4.98 Å². The van der Waals surface area contributed by atoms with Crippen molar-refractivity contribution in [2.45, 2.75) is 19.1 Å². The minimum Gasteiger partial charge on any atom is -0.497 e. The largest absolute Gasteiger partial charge is 0.497 e. The van der Waals surface area contributed by atoms with E-state index in [-0.39, 0.29) is 6.10 Å². The van der Waals surface area contributed by atoms with Crippen molar-refractivity contribution in [3.8, 4) is 16.3 Å². The van der Waals surface area contributed by atoms with Gasteiger partial charge in [0.1, 0.15) is 10.8 Å². The van der Waals surface area contributed by atoms with Gasteiger partial charge in [-0.2, -0.15) is 0 Å². The van der Waals surface area contributed by atoms with Crippen molar-refractivity contribution < 1.29 is 9.84 Å². The lowest BCUT2D eigenvalue weighted by molar-refractivity contribution is 0.174. The van der Waals surface area contributed by atoms with E-state index in [0.29, 0.717) is 0 Å². The van der Waals surface area contributed by atoms with Crippen molar-refractivity contribution in [2.75, 3.05) is 20.2 Å². The standard InChI is InChI=1S/C15H18N2O2S/c1-19-14-4-2-3-11(7-14)15-16-12(10-20-15)8-17-6-5-13(18)9-17/h2-4,7,10,13,18H,5-6,8-9H2,1H3/t13-/m0/s1. The Balaban J connectivity index is 1.72. The van der Waals surface area contributed by atoms with Crippen LogP contribution in [0.15, 0.2) is 29.6 Å². The molecule has 5 heteroatoms. The molecule has 1 fully saturated rings. The fourth-order valence-corrected chi connectivity index (χ4v) is 3.26. The smallest absolute Gasteiger partial charge is 0.123 e. The number of β-amino-alcohol motifs (C(OH)–C–C–N with tert-alkyl or cyclic N) is 1. The van der Waals surface area contributed by atoms with E-state index in [1.165, 1.54) is 0 Å². The monoisotopic (exact) mass is 290 g/mol. The number of hydrogen-bond acceptors (Lipinski definition) is 5. The van der Waals surface area contributed by atoms with Gasteiger partial charge in [-0.15, -0.1) is 11.3 Å². The van der Waals surface area contributed by atoms with E-state index in [1.54, 1.807) is 18.4 Å². The SMILES string of the molecule is COc1cccc(-c2nc(CN3CC[C@H](O)C3)cs2)c1. The quantitative estimate of drug-likeness (QED) is 0.939. The molecular weight excluding hydrogens is 272 g/mol. The van der Waals surface area contributed by atoms with Crippen molar-refractivity contribution in [1.82, 2.24) is 9.88 Å². The summed E-state index contributed by atoms with van der Waals surface area (Å²) in [5.41, 5.74) is 2.16. The summed E-state index contributed by atoms with van der Waals surface area (Å²) in [5, 5.41) is 12.7. The number of aromatic nitrogens is 1. The maximum atomic E-state index is 9.55. The Kier molecular flexibility index (Phi) is 4.00. The Labute approximate surface area is 122 Å². The molecule has 0 bridgehead atoms. The van der Waals surface area contributed by atoms with Crippen molar-refractivity contribution >= 4 is 11.3 Å². The predicted molar refractivity (Wildman–Crippen MR) is 80.0 cm³/mol. The number of benzene rings is 1. The first kappa shape index (κ1) is 13.5. The Morgan fingerprint density at radius 2 is 2.40 bits per heavy atom. The molecule has 1 aliphatic rings. The van der Waals surface area contributed by atoms with Gasteiger partial charge in [-0.05, 0) is 18.6 Å². The number of rotatable bonds is 4. The van der Waals surface area contributed by atoms with Gasteiger partial charge >= 0.3 is 0 Å². The number of aliphatic hydroxyl groups excluding tert-OH is 1. The maximum absolute atomic E-state index is 9.55. The summed E-state index contributed by atoms with van der Waals surface area (Å²) in [6.45, 7) is 2.52. The lowest BCUT2D eigenvalue weighted by atomic mass is 10.2. The van der Waals surface area contributed by atoms with E-state index in [1.807, 2.05) is 24.3 Å². The number of likely N-dealkylation sites (tertiary alicyclic amines) is 1. The van der Waals surface area contributed by atoms with E-state index in [9.17, 15) is 5.11 Å². The fraction of sp³-hybridized carbons (Fsp3) is 0.400. The predicted octanol–water partition coefficient (Wildman–Crippen LogP) is 2.39. The number of thiazole rings is 1. The van der Waals surface area contributed by atoms with E-state index < -0.39 is 0 Å². The molecule has 0 saturated carbocycles. The lowest BCUT2D eigenvalue weighted by Crippen LogP contribution is -2.21. The van der Waals surface area contributed by atoms with Crippen LogP contribution in [0.5, 0.6) is 5.75 Å². The molecule has 1 saturated heterocycles. The molecule has 1 aromatic heterocycles. The topological polar surface area (TPSA) is 45.6 Å². The van der Waals surface area contributed by atoms with Crippen LogP contribution in [0, 0.1) is 0 Å². The summed E-state index contributed by atoms with van der Waals surface area (Å²) in [6.07, 6.45) is 0.693. The van der Waals surface area contributed by atoms with Crippen molar-refractivity contribution in [2.24, 2.45) is 0 Å². The summed E-state index contributed by atoms with van der Waals surface area (Å²) in [4.78, 5) is 6.93. The zero-order chi connectivity index (χ0) is 13.9. The van der Waals surface area contributed by atoms with Crippen molar-refractivity contribution in [1.29, 1.82) is 0 Å². The number of nitrogens with zero attached hydrogens (tertiary/aromatic N) is 2. The second kappa shape index (κ2) is 5.91. The molecule has 106 valence electrons. The van der Waals surface area contributed by atoms with Crippen LogP contribution in [0.25, 0.3) is 10.6 Å². The highest BCUT2D eigenvalue weighted by Gasteiger charge is 2.20. The van der Waals surface area contributed by atoms with Gasteiger partial charge < -0.3 is 9.84 Å². The van der Waals surface area contributed by atoms with Crippen molar-refractivity contribution in [3.05, 3.63) is 35.3 Å². The van der Waals surface area contributed by atoms with Crippen LogP contribution in [0.3, 0.4) is 0 Å². The Morgan fingerprint density at radius 1 is 1.50 bits per heavy atom. The molecule has 3 rings (SSSR count). The average Bonchev–Trinajstić information content (AvgIpc) is 3.09. The highest BCUT2D eigenvalue weighted by Crippen LogP contribution is 2.27. The molecule has 0 radical (unpaired) electrons. The number of methoxy groups -OCH3 is 1. The van der Waals surface area contributed by atoms with Crippen LogP contribution in [-0.4, -0.2) is 41.3 Å². The Bertz CT molecular complexity index is 585. The third-order valence-electron chi connectivity index (χ3n) is 3.50. The van der Waals surface area contributed by atoms with Crippen LogP contribution < -0.4 is 4.74 Å². The first-order chi connectivity index (χ1) is 9.74. The van der Waals surface area contributed by atoms with E-state index in [2.05, 4.69) is 15.3 Å². The molecule has 0 unspecified atom stereocenters. The summed E-state index contributed by atoms with van der Waals surface area (Å²) in [6, 6.07) is 7.96. The minimum absolute atomic E-state index is 0.175. The third kappa shape index (κ3) is 3.00. The van der Waals surface area contributed by atoms with Gasteiger partial charge in [0.15, 0.2) is 0 Å². The molecule has 1 N–H and O–H groups in total. The average molecular weight is 290 g/mol. The summed E-state index contributed by atoms with van der Waals surface area (Å²) in [5.74, 6) is 0.849. The van der Waals surface area contributed by atoms with E-state index >= 15 is 0 Å². The summed E-state index contributed by atoms with van der Waals surface area (Å²) in [7, 11) is 1.67. The third-order valence-corrected chi connectivity index (χ3v) is 4.44. The Hall–Kier alpha value is -1.43. The number of ether oxygens (including phenoxy) is 1. The molecule has 4 nitrogen and oxygen atoms in total. The van der Waals surface area contributed by atoms with Gasteiger partial charge in [-0.1, -0.05) is 12.1 Å². The van der Waals surface area contributed by atoms with Crippen LogP contribution in [0.1, 0.15) is 12.1 Å². The Morgan fingerprint density at radius 3 is 3.15 bits per heavy atom. The van der Waals surface area contributed by atoms with Gasteiger partial charge in [0.05, 0.1) is 18.9 Å². The van der Waals surface area contributed by atoms with Crippen LogP contribution in [0.2, 0.25) is 0 Å². The molecule has 1 atom stereocenters. The number of aliphatic hydroxyl groups is 1. The van der Waals surface area contributed by atoms with Crippen LogP contribution >= 0.6 is 11.3 Å². The fourth-order valence-electron chi connectivity index (χ4n) is 2.45. The molecule has 2 aromatic rings. The molecule has 0 aliphatic carbocycles. The highest BCUT2D eigenvalue weighted by atomic mass is 32.1. The molecule has 2 heterocycles. The molecule has 1 aliphatic heterocycles. The van der Waals surface area contributed by atoms with Crippen molar-refractivity contribution in [3.63, 3.8) is 0 Å². The summed E-state index contributed by atoms with van der Waals surface area (Å²) >= 11 is 1.65. The first-order valence-corrected chi connectivity index (χ1v) is 7.62. The molecule has 1 aromatic carbocycles.